The third-order valence-corrected chi connectivity index (χ3v) is 3.23. The van der Waals surface area contributed by atoms with E-state index in [9.17, 15) is 13.5 Å². The molecule has 4 nitrogen and oxygen atoms in total. The van der Waals surface area contributed by atoms with E-state index in [0.717, 1.165) is 0 Å². The second kappa shape index (κ2) is 4.06. The van der Waals surface area contributed by atoms with Crippen LogP contribution in [0.4, 0.5) is 5.69 Å². The monoisotopic (exact) mass is 235 g/mol. The van der Waals surface area contributed by atoms with Gasteiger partial charge in [-0.1, -0.05) is 17.7 Å². The molecule has 0 amide bonds. The maximum atomic E-state index is 11.2. The first-order valence-corrected chi connectivity index (χ1v) is 5.97. The van der Waals surface area contributed by atoms with E-state index in [1.807, 2.05) is 0 Å². The van der Waals surface area contributed by atoms with Crippen LogP contribution in [0.15, 0.2) is 18.2 Å². The number of anilines is 1. The van der Waals surface area contributed by atoms with Gasteiger partial charge in [-0.05, 0) is 19.1 Å². The van der Waals surface area contributed by atoms with Crippen molar-refractivity contribution in [2.24, 2.45) is 0 Å². The van der Waals surface area contributed by atoms with E-state index in [1.54, 1.807) is 6.07 Å². The molecule has 1 aromatic rings. The minimum absolute atomic E-state index is 0.0566. The number of phenols is 1. The Morgan fingerprint density at radius 2 is 2.14 bits per heavy atom. The van der Waals surface area contributed by atoms with Crippen molar-refractivity contribution in [3.63, 3.8) is 0 Å². The van der Waals surface area contributed by atoms with Crippen LogP contribution in [-0.4, -0.2) is 19.3 Å². The van der Waals surface area contributed by atoms with Crippen LogP contribution in [0.3, 0.4) is 0 Å². The molecule has 2 N–H and O–H groups in total. The maximum Gasteiger partial charge on any atom is 0.232 e. The van der Waals surface area contributed by atoms with Gasteiger partial charge in [0.2, 0.25) is 10.0 Å². The molecule has 0 fully saturated rings. The topological polar surface area (TPSA) is 66.4 Å². The molecule has 0 saturated carbocycles. The lowest BCUT2D eigenvalue weighted by Crippen LogP contribution is -2.14. The Hall–Kier alpha value is -0.940. The molecule has 1 aromatic carbocycles. The van der Waals surface area contributed by atoms with Gasteiger partial charge in [-0.2, -0.15) is 0 Å². The Morgan fingerprint density at radius 1 is 1.50 bits per heavy atom. The Kier molecular flexibility index (Phi) is 3.23. The second-order valence-corrected chi connectivity index (χ2v) is 5.06. The zero-order valence-corrected chi connectivity index (χ0v) is 9.06. The summed E-state index contributed by atoms with van der Waals surface area (Å²) in [5.41, 5.74) is 0.0966. The van der Waals surface area contributed by atoms with Gasteiger partial charge in [-0.25, -0.2) is 8.42 Å². The molecule has 0 unspecified atom stereocenters. The van der Waals surface area contributed by atoms with E-state index < -0.39 is 10.0 Å². The lowest BCUT2D eigenvalue weighted by Gasteiger charge is -2.08. The van der Waals surface area contributed by atoms with Crippen molar-refractivity contribution in [1.82, 2.24) is 0 Å². The number of aromatic hydroxyl groups is 1. The van der Waals surface area contributed by atoms with Gasteiger partial charge in [0, 0.05) is 0 Å². The van der Waals surface area contributed by atoms with E-state index >= 15 is 0 Å². The molecule has 1 rings (SSSR count). The van der Waals surface area contributed by atoms with Crippen LogP contribution in [0.1, 0.15) is 6.92 Å². The summed E-state index contributed by atoms with van der Waals surface area (Å²) in [4.78, 5) is 0. The van der Waals surface area contributed by atoms with Gasteiger partial charge in [-0.15, -0.1) is 0 Å². The fraction of sp³-hybridized carbons (Fsp3) is 0.250. The van der Waals surface area contributed by atoms with Gasteiger partial charge in [0.25, 0.3) is 0 Å². The van der Waals surface area contributed by atoms with E-state index in [1.165, 1.54) is 19.1 Å². The van der Waals surface area contributed by atoms with Crippen molar-refractivity contribution in [2.75, 3.05) is 10.5 Å². The predicted molar refractivity (Wildman–Crippen MR) is 56.2 cm³/mol. The molecule has 0 saturated heterocycles. The normalized spacial score (nSPS) is 11.3. The smallest absolute Gasteiger partial charge is 0.232 e. The Labute approximate surface area is 87.6 Å². The number of rotatable bonds is 3. The first kappa shape index (κ1) is 11.1. The van der Waals surface area contributed by atoms with Crippen LogP contribution in [-0.2, 0) is 10.0 Å². The standard InChI is InChI=1S/C8H10ClNO3S/c1-2-14(12,13)10-7-5-3-4-6(9)8(7)11/h3-5,10-11H,2H2,1H3. The Balaban J connectivity index is 3.05. The number of nitrogens with one attached hydrogen (secondary N) is 1. The van der Waals surface area contributed by atoms with E-state index in [0.29, 0.717) is 0 Å². The van der Waals surface area contributed by atoms with Crippen molar-refractivity contribution in [2.45, 2.75) is 6.92 Å². The summed E-state index contributed by atoms with van der Waals surface area (Å²) >= 11 is 5.60. The third-order valence-electron chi connectivity index (χ3n) is 1.63. The number of phenolic OH excluding ortho intramolecular Hbond substituents is 1. The number of para-hydroxylation sites is 1. The highest BCUT2D eigenvalue weighted by molar-refractivity contribution is 7.92. The summed E-state index contributed by atoms with van der Waals surface area (Å²) in [7, 11) is -3.38. The predicted octanol–water partition coefficient (Wildman–Crippen LogP) is 1.81. The van der Waals surface area contributed by atoms with Gasteiger partial charge < -0.3 is 5.11 Å². The van der Waals surface area contributed by atoms with Gasteiger partial charge in [-0.3, -0.25) is 4.72 Å². The summed E-state index contributed by atoms with van der Waals surface area (Å²) in [5.74, 6) is -0.315. The van der Waals surface area contributed by atoms with Gasteiger partial charge in [0.1, 0.15) is 0 Å². The van der Waals surface area contributed by atoms with Crippen LogP contribution < -0.4 is 4.72 Å². The third kappa shape index (κ3) is 2.52. The molecular formula is C8H10ClNO3S. The number of halogens is 1. The van der Waals surface area contributed by atoms with Crippen LogP contribution in [0.5, 0.6) is 5.75 Å². The lowest BCUT2D eigenvalue weighted by atomic mass is 10.3. The fourth-order valence-electron chi connectivity index (χ4n) is 0.837. The van der Waals surface area contributed by atoms with Crippen molar-refractivity contribution in [3.8, 4) is 5.75 Å². The molecule has 78 valence electrons. The van der Waals surface area contributed by atoms with E-state index in [2.05, 4.69) is 4.72 Å². The van der Waals surface area contributed by atoms with Gasteiger partial charge in [0.15, 0.2) is 5.75 Å². The molecule has 0 heterocycles. The highest BCUT2D eigenvalue weighted by atomic mass is 35.5. The van der Waals surface area contributed by atoms with Crippen molar-refractivity contribution >= 4 is 27.3 Å². The van der Waals surface area contributed by atoms with Crippen molar-refractivity contribution < 1.29 is 13.5 Å². The minimum atomic E-state index is -3.38. The minimum Gasteiger partial charge on any atom is -0.504 e. The van der Waals surface area contributed by atoms with Gasteiger partial charge in [0.05, 0.1) is 16.5 Å². The molecule has 14 heavy (non-hydrogen) atoms. The summed E-state index contributed by atoms with van der Waals surface area (Å²) in [6.07, 6.45) is 0. The summed E-state index contributed by atoms with van der Waals surface area (Å²) in [5, 5.41) is 9.51. The zero-order chi connectivity index (χ0) is 10.8. The second-order valence-electron chi connectivity index (χ2n) is 2.64. The molecule has 0 aromatic heterocycles. The molecule has 6 heteroatoms. The summed E-state index contributed by atoms with van der Waals surface area (Å²) in [6, 6.07) is 4.46. The highest BCUT2D eigenvalue weighted by Gasteiger charge is 2.11. The molecule has 0 aliphatic rings. The zero-order valence-electron chi connectivity index (χ0n) is 7.49. The molecule has 0 aliphatic carbocycles. The van der Waals surface area contributed by atoms with E-state index in [-0.39, 0.29) is 22.2 Å². The number of hydrogen-bond donors (Lipinski definition) is 2. The molecule has 0 aliphatic heterocycles. The first-order valence-electron chi connectivity index (χ1n) is 3.94. The lowest BCUT2D eigenvalue weighted by molar-refractivity contribution is 0.478. The number of benzene rings is 1. The van der Waals surface area contributed by atoms with Crippen molar-refractivity contribution in [1.29, 1.82) is 0 Å². The summed E-state index contributed by atoms with van der Waals surface area (Å²) < 4.78 is 24.5. The fourth-order valence-corrected chi connectivity index (χ4v) is 1.66. The molecule has 0 spiro atoms. The van der Waals surface area contributed by atoms with Crippen LogP contribution >= 0.6 is 11.6 Å². The van der Waals surface area contributed by atoms with E-state index in [4.69, 9.17) is 11.6 Å². The van der Waals surface area contributed by atoms with Crippen LogP contribution in [0.25, 0.3) is 0 Å². The average Bonchev–Trinajstić information content (AvgIpc) is 2.13. The first-order chi connectivity index (χ1) is 6.46. The Bertz CT molecular complexity index is 430. The molecule has 0 atom stereocenters. The number of sulfonamides is 1. The SMILES string of the molecule is CCS(=O)(=O)Nc1cccc(Cl)c1O. The largest absolute Gasteiger partial charge is 0.504 e. The van der Waals surface area contributed by atoms with Crippen LogP contribution in [0, 0.1) is 0 Å². The summed E-state index contributed by atoms with van der Waals surface area (Å²) in [6.45, 7) is 1.50. The van der Waals surface area contributed by atoms with Crippen LogP contribution in [0.2, 0.25) is 5.02 Å². The highest BCUT2D eigenvalue weighted by Crippen LogP contribution is 2.31. The van der Waals surface area contributed by atoms with Gasteiger partial charge >= 0.3 is 0 Å². The molecule has 0 bridgehead atoms. The molecular weight excluding hydrogens is 226 g/mol. The molecule has 0 radical (unpaired) electrons. The van der Waals surface area contributed by atoms with Crippen molar-refractivity contribution in [3.05, 3.63) is 23.2 Å². The Morgan fingerprint density at radius 3 is 2.71 bits per heavy atom. The number of hydrogen-bond acceptors (Lipinski definition) is 3. The quantitative estimate of drug-likeness (QED) is 0.786. The average molecular weight is 236 g/mol. The maximum absolute atomic E-state index is 11.2.